The van der Waals surface area contributed by atoms with Crippen molar-refractivity contribution in [2.45, 2.75) is 13.8 Å². The number of esters is 1. The van der Waals surface area contributed by atoms with E-state index in [-0.39, 0.29) is 18.2 Å². The standard InChI is InChI=1S/C15H15N5O3S/c1-4-23-14(22)11-7-24-15(17-11)18-13(21)9-5-10-8(2)19-20(3)12(10)16-6-9/h5-7H,4H2,1-3H3,(H,17,18,21). The summed E-state index contributed by atoms with van der Waals surface area (Å²) >= 11 is 1.16. The number of fused-ring (bicyclic) bond motifs is 1. The van der Waals surface area contributed by atoms with E-state index in [1.807, 2.05) is 6.92 Å². The molecule has 0 spiro atoms. The van der Waals surface area contributed by atoms with Gasteiger partial charge in [-0.3, -0.25) is 14.8 Å². The molecule has 3 heterocycles. The second-order valence-electron chi connectivity index (χ2n) is 5.02. The molecule has 0 bridgehead atoms. The Labute approximate surface area is 141 Å². The summed E-state index contributed by atoms with van der Waals surface area (Å²) in [5.74, 6) is -0.860. The number of anilines is 1. The molecule has 0 aromatic carbocycles. The van der Waals surface area contributed by atoms with Crippen LogP contribution in [0.25, 0.3) is 11.0 Å². The third-order valence-electron chi connectivity index (χ3n) is 3.33. The Kier molecular flexibility index (Phi) is 4.26. The van der Waals surface area contributed by atoms with Gasteiger partial charge in [0.05, 0.1) is 17.9 Å². The first kappa shape index (κ1) is 16.1. The van der Waals surface area contributed by atoms with E-state index < -0.39 is 5.97 Å². The number of amides is 1. The van der Waals surface area contributed by atoms with Crippen molar-refractivity contribution >= 4 is 39.4 Å². The summed E-state index contributed by atoms with van der Waals surface area (Å²) in [7, 11) is 1.80. The largest absolute Gasteiger partial charge is 0.461 e. The number of carbonyl (C=O) groups excluding carboxylic acids is 2. The Morgan fingerprint density at radius 1 is 1.42 bits per heavy atom. The number of hydrogen-bond donors (Lipinski definition) is 1. The molecule has 0 unspecified atom stereocenters. The number of ether oxygens (including phenoxy) is 1. The van der Waals surface area contributed by atoms with Gasteiger partial charge in [-0.15, -0.1) is 11.3 Å². The van der Waals surface area contributed by atoms with Crippen LogP contribution in [0, 0.1) is 6.92 Å². The predicted molar refractivity (Wildman–Crippen MR) is 89.3 cm³/mol. The smallest absolute Gasteiger partial charge is 0.357 e. The first-order chi connectivity index (χ1) is 11.5. The highest BCUT2D eigenvalue weighted by molar-refractivity contribution is 7.14. The summed E-state index contributed by atoms with van der Waals surface area (Å²) in [4.78, 5) is 32.3. The molecule has 1 N–H and O–H groups in total. The van der Waals surface area contributed by atoms with E-state index in [4.69, 9.17) is 4.74 Å². The van der Waals surface area contributed by atoms with Crippen LogP contribution in [0.2, 0.25) is 0 Å². The minimum Gasteiger partial charge on any atom is -0.461 e. The van der Waals surface area contributed by atoms with Crippen LogP contribution in [0.1, 0.15) is 33.5 Å². The number of nitrogens with zero attached hydrogens (tertiary/aromatic N) is 4. The quantitative estimate of drug-likeness (QED) is 0.728. The van der Waals surface area contributed by atoms with E-state index >= 15 is 0 Å². The molecule has 0 aliphatic rings. The van der Waals surface area contributed by atoms with Crippen molar-refractivity contribution < 1.29 is 14.3 Å². The number of hydrogen-bond acceptors (Lipinski definition) is 7. The predicted octanol–water partition coefficient (Wildman–Crippen LogP) is 2.16. The molecule has 3 aromatic heterocycles. The van der Waals surface area contributed by atoms with Crippen LogP contribution in [0.5, 0.6) is 0 Å². The first-order valence-corrected chi connectivity index (χ1v) is 8.11. The van der Waals surface area contributed by atoms with E-state index in [0.29, 0.717) is 16.3 Å². The van der Waals surface area contributed by atoms with Crippen LogP contribution in [0.15, 0.2) is 17.6 Å². The van der Waals surface area contributed by atoms with Crippen LogP contribution in [-0.4, -0.2) is 38.2 Å². The fraction of sp³-hybridized carbons (Fsp3) is 0.267. The molecule has 0 saturated carbocycles. The highest BCUT2D eigenvalue weighted by Crippen LogP contribution is 2.19. The maximum absolute atomic E-state index is 12.4. The topological polar surface area (TPSA) is 99.0 Å². The number of aromatic nitrogens is 4. The van der Waals surface area contributed by atoms with Gasteiger partial charge in [-0.25, -0.2) is 14.8 Å². The maximum Gasteiger partial charge on any atom is 0.357 e. The number of pyridine rings is 1. The molecule has 24 heavy (non-hydrogen) atoms. The molecule has 0 radical (unpaired) electrons. The molecule has 3 aromatic rings. The number of rotatable bonds is 4. The summed E-state index contributed by atoms with van der Waals surface area (Å²) < 4.78 is 6.53. The minimum absolute atomic E-state index is 0.175. The van der Waals surface area contributed by atoms with Crippen LogP contribution in [0.4, 0.5) is 5.13 Å². The molecule has 9 heteroatoms. The van der Waals surface area contributed by atoms with Crippen LogP contribution >= 0.6 is 11.3 Å². The fourth-order valence-electron chi connectivity index (χ4n) is 2.23. The third-order valence-corrected chi connectivity index (χ3v) is 4.09. The summed E-state index contributed by atoms with van der Waals surface area (Å²) in [5.41, 5.74) is 2.08. The zero-order chi connectivity index (χ0) is 17.3. The number of thiazole rings is 1. The van der Waals surface area contributed by atoms with E-state index in [2.05, 4.69) is 20.4 Å². The molecular weight excluding hydrogens is 330 g/mol. The first-order valence-electron chi connectivity index (χ1n) is 7.23. The van der Waals surface area contributed by atoms with Crippen molar-refractivity contribution in [2.24, 2.45) is 7.05 Å². The Bertz CT molecular complexity index is 930. The van der Waals surface area contributed by atoms with E-state index in [1.54, 1.807) is 30.1 Å². The zero-order valence-corrected chi connectivity index (χ0v) is 14.2. The molecule has 8 nitrogen and oxygen atoms in total. The van der Waals surface area contributed by atoms with Crippen molar-refractivity contribution in [3.8, 4) is 0 Å². The Morgan fingerprint density at radius 2 is 2.21 bits per heavy atom. The number of nitrogens with one attached hydrogen (secondary N) is 1. The second kappa shape index (κ2) is 6.36. The van der Waals surface area contributed by atoms with Gasteiger partial charge in [-0.1, -0.05) is 0 Å². The van der Waals surface area contributed by atoms with Gasteiger partial charge in [-0.2, -0.15) is 5.10 Å². The normalized spacial score (nSPS) is 10.8. The minimum atomic E-state index is -0.511. The van der Waals surface area contributed by atoms with Gasteiger partial charge >= 0.3 is 5.97 Å². The van der Waals surface area contributed by atoms with Gasteiger partial charge in [0.2, 0.25) is 0 Å². The molecule has 0 atom stereocenters. The zero-order valence-electron chi connectivity index (χ0n) is 13.4. The SMILES string of the molecule is CCOC(=O)c1csc(NC(=O)c2cnc3c(c2)c(C)nn3C)n1. The lowest BCUT2D eigenvalue weighted by atomic mass is 10.2. The van der Waals surface area contributed by atoms with Crippen molar-refractivity contribution in [2.75, 3.05) is 11.9 Å². The Balaban J connectivity index is 1.80. The fourth-order valence-corrected chi connectivity index (χ4v) is 2.91. The lowest BCUT2D eigenvalue weighted by molar-refractivity contribution is 0.0520. The molecule has 0 fully saturated rings. The van der Waals surface area contributed by atoms with Gasteiger partial charge in [0.15, 0.2) is 16.5 Å². The van der Waals surface area contributed by atoms with Crippen molar-refractivity contribution in [1.82, 2.24) is 19.7 Å². The molecule has 1 amide bonds. The number of aryl methyl sites for hydroxylation is 2. The monoisotopic (exact) mass is 345 g/mol. The Morgan fingerprint density at radius 3 is 2.96 bits per heavy atom. The highest BCUT2D eigenvalue weighted by Gasteiger charge is 2.15. The number of carbonyl (C=O) groups is 2. The summed E-state index contributed by atoms with van der Waals surface area (Å²) in [6.45, 7) is 3.85. The Hall–Kier alpha value is -2.81. The van der Waals surface area contributed by atoms with Gasteiger partial charge in [0.25, 0.3) is 5.91 Å². The molecular formula is C15H15N5O3S. The lowest BCUT2D eigenvalue weighted by Crippen LogP contribution is -2.13. The summed E-state index contributed by atoms with van der Waals surface area (Å²) in [6.07, 6.45) is 1.48. The average molecular weight is 345 g/mol. The van der Waals surface area contributed by atoms with E-state index in [9.17, 15) is 9.59 Å². The van der Waals surface area contributed by atoms with Gasteiger partial charge in [-0.05, 0) is 19.9 Å². The molecule has 124 valence electrons. The molecule has 0 aliphatic heterocycles. The van der Waals surface area contributed by atoms with Gasteiger partial charge in [0, 0.05) is 24.0 Å². The van der Waals surface area contributed by atoms with Crippen LogP contribution in [0.3, 0.4) is 0 Å². The summed E-state index contributed by atoms with van der Waals surface area (Å²) in [5, 5.41) is 9.62. The summed E-state index contributed by atoms with van der Waals surface area (Å²) in [6, 6.07) is 1.74. The van der Waals surface area contributed by atoms with E-state index in [1.165, 1.54) is 6.20 Å². The van der Waals surface area contributed by atoms with Crippen molar-refractivity contribution in [1.29, 1.82) is 0 Å². The van der Waals surface area contributed by atoms with E-state index in [0.717, 1.165) is 22.4 Å². The van der Waals surface area contributed by atoms with Crippen molar-refractivity contribution in [3.63, 3.8) is 0 Å². The second-order valence-corrected chi connectivity index (χ2v) is 5.87. The molecule has 0 aliphatic carbocycles. The highest BCUT2D eigenvalue weighted by atomic mass is 32.1. The maximum atomic E-state index is 12.4. The van der Waals surface area contributed by atoms with Gasteiger partial charge in [0.1, 0.15) is 0 Å². The average Bonchev–Trinajstić information content (AvgIpc) is 3.13. The molecule has 3 rings (SSSR count). The molecule has 0 saturated heterocycles. The van der Waals surface area contributed by atoms with Crippen molar-refractivity contribution in [3.05, 3.63) is 34.6 Å². The van der Waals surface area contributed by atoms with Crippen LogP contribution in [-0.2, 0) is 11.8 Å². The lowest BCUT2D eigenvalue weighted by Gasteiger charge is -2.02. The third kappa shape index (κ3) is 2.98. The van der Waals surface area contributed by atoms with Gasteiger partial charge < -0.3 is 4.74 Å². The van der Waals surface area contributed by atoms with Crippen LogP contribution < -0.4 is 5.32 Å².